The molecule has 0 aromatic heterocycles. The van der Waals surface area contributed by atoms with E-state index in [2.05, 4.69) is 20.8 Å². The van der Waals surface area contributed by atoms with Crippen LogP contribution in [0.3, 0.4) is 0 Å². The third-order valence-corrected chi connectivity index (χ3v) is 6.68. The predicted octanol–water partition coefficient (Wildman–Crippen LogP) is 5.63. The summed E-state index contributed by atoms with van der Waals surface area (Å²) in [5, 5.41) is 0. The van der Waals surface area contributed by atoms with E-state index in [-0.39, 0.29) is 5.97 Å². The lowest BCUT2D eigenvalue weighted by atomic mass is 10.1. The van der Waals surface area contributed by atoms with Crippen molar-refractivity contribution in [2.24, 2.45) is 5.92 Å². The zero-order valence-electron chi connectivity index (χ0n) is 28.0. The molecule has 0 fully saturated rings. The fourth-order valence-corrected chi connectivity index (χ4v) is 3.81. The summed E-state index contributed by atoms with van der Waals surface area (Å²) in [6, 6.07) is 0. The van der Waals surface area contributed by atoms with Gasteiger partial charge in [-0.25, -0.2) is 0 Å². The van der Waals surface area contributed by atoms with E-state index in [1.165, 1.54) is 44.9 Å². The van der Waals surface area contributed by atoms with Crippen LogP contribution in [0.5, 0.6) is 0 Å². The van der Waals surface area contributed by atoms with Gasteiger partial charge in [-0.05, 0) is 12.3 Å². The molecule has 0 spiro atoms. The van der Waals surface area contributed by atoms with Gasteiger partial charge < -0.3 is 42.6 Å². The second kappa shape index (κ2) is 37.3. The molecule has 0 aromatic rings. The van der Waals surface area contributed by atoms with Crippen molar-refractivity contribution in [3.8, 4) is 0 Å². The summed E-state index contributed by atoms with van der Waals surface area (Å²) in [4.78, 5) is 11.8. The number of unbranched alkanes of at least 4 members (excludes halogenated alkanes) is 8. The average Bonchev–Trinajstić information content (AvgIpc) is 3.01. The molecule has 0 rings (SSSR count). The van der Waals surface area contributed by atoms with Crippen LogP contribution in [-0.4, -0.2) is 118 Å². The first kappa shape index (κ1) is 42.1. The Hall–Kier alpha value is -0.850. The fraction of sp³-hybridized carbons (Fsp3) is 0.970. The standard InChI is InChI=1S/C33H66O10/c1-4-6-7-8-9-10-11-12-13-14-33(34)43-30-29-41-26-25-39-22-21-37-18-17-35-15-16-36-19-20-38-23-24-40-27-28-42-31-32(3)5-2/h32H,4-31H2,1-3H3. The summed E-state index contributed by atoms with van der Waals surface area (Å²) in [5.74, 6) is 0.467. The van der Waals surface area contributed by atoms with Crippen molar-refractivity contribution in [2.75, 3.05) is 112 Å². The highest BCUT2D eigenvalue weighted by atomic mass is 16.6. The summed E-state index contributed by atoms with van der Waals surface area (Å²) in [7, 11) is 0. The third-order valence-electron chi connectivity index (χ3n) is 6.68. The number of hydrogen-bond donors (Lipinski definition) is 0. The highest BCUT2D eigenvalue weighted by molar-refractivity contribution is 5.69. The number of esters is 1. The zero-order valence-corrected chi connectivity index (χ0v) is 28.0. The largest absolute Gasteiger partial charge is 0.463 e. The lowest BCUT2D eigenvalue weighted by molar-refractivity contribution is -0.145. The minimum atomic E-state index is -0.131. The number of carbonyl (C=O) groups excluding carboxylic acids is 1. The van der Waals surface area contributed by atoms with Crippen molar-refractivity contribution >= 4 is 5.97 Å². The van der Waals surface area contributed by atoms with Gasteiger partial charge in [0, 0.05) is 13.0 Å². The topological polar surface area (TPSA) is 100 Å². The molecular weight excluding hydrogens is 556 g/mol. The molecule has 0 amide bonds. The molecule has 10 nitrogen and oxygen atoms in total. The van der Waals surface area contributed by atoms with Crippen LogP contribution in [0.1, 0.15) is 91.4 Å². The van der Waals surface area contributed by atoms with Gasteiger partial charge in [0.25, 0.3) is 0 Å². The second-order valence-electron chi connectivity index (χ2n) is 10.7. The molecule has 0 radical (unpaired) electrons. The Kier molecular flexibility index (Phi) is 36.6. The Balaban J connectivity index is 3.12. The number of rotatable bonds is 37. The van der Waals surface area contributed by atoms with Gasteiger partial charge in [-0.2, -0.15) is 0 Å². The molecule has 0 aliphatic rings. The van der Waals surface area contributed by atoms with E-state index in [0.717, 1.165) is 25.9 Å². The van der Waals surface area contributed by atoms with E-state index in [1.807, 2.05) is 0 Å². The molecule has 10 heteroatoms. The maximum absolute atomic E-state index is 11.8. The predicted molar refractivity (Wildman–Crippen MR) is 169 cm³/mol. The lowest BCUT2D eigenvalue weighted by Gasteiger charge is -2.10. The number of hydrogen-bond acceptors (Lipinski definition) is 10. The molecule has 1 unspecified atom stereocenters. The van der Waals surface area contributed by atoms with Gasteiger partial charge in [0.1, 0.15) is 6.61 Å². The summed E-state index contributed by atoms with van der Waals surface area (Å²) < 4.78 is 49.0. The van der Waals surface area contributed by atoms with E-state index >= 15 is 0 Å². The number of ether oxygens (including phenoxy) is 9. The van der Waals surface area contributed by atoms with Crippen molar-refractivity contribution in [3.63, 3.8) is 0 Å². The molecule has 0 heterocycles. The van der Waals surface area contributed by atoms with Crippen LogP contribution < -0.4 is 0 Å². The molecule has 0 saturated heterocycles. The van der Waals surface area contributed by atoms with Crippen molar-refractivity contribution in [1.82, 2.24) is 0 Å². The van der Waals surface area contributed by atoms with E-state index < -0.39 is 0 Å². The third kappa shape index (κ3) is 37.2. The molecule has 0 aromatic carbocycles. The van der Waals surface area contributed by atoms with E-state index in [0.29, 0.717) is 118 Å². The fourth-order valence-electron chi connectivity index (χ4n) is 3.81. The molecule has 43 heavy (non-hydrogen) atoms. The van der Waals surface area contributed by atoms with Crippen molar-refractivity contribution in [1.29, 1.82) is 0 Å². The summed E-state index contributed by atoms with van der Waals surface area (Å²) in [6.45, 7) is 15.5. The Morgan fingerprint density at radius 2 is 0.767 bits per heavy atom. The minimum Gasteiger partial charge on any atom is -0.463 e. The SMILES string of the molecule is CCCCCCCCCCCC(=O)OCCOCCOCCOCCOCCOCCOCCOCCOCC(C)CC. The average molecular weight is 623 g/mol. The van der Waals surface area contributed by atoms with E-state index in [1.54, 1.807) is 0 Å². The Labute approximate surface area is 263 Å². The molecule has 0 bridgehead atoms. The molecule has 0 aliphatic heterocycles. The van der Waals surface area contributed by atoms with Crippen LogP contribution in [0.4, 0.5) is 0 Å². The summed E-state index contributed by atoms with van der Waals surface area (Å²) in [6.07, 6.45) is 12.8. The van der Waals surface area contributed by atoms with Crippen LogP contribution in [0.15, 0.2) is 0 Å². The van der Waals surface area contributed by atoms with E-state index in [4.69, 9.17) is 42.6 Å². The quantitative estimate of drug-likeness (QED) is 0.0640. The molecule has 0 saturated carbocycles. The van der Waals surface area contributed by atoms with Gasteiger partial charge in [-0.15, -0.1) is 0 Å². The smallest absolute Gasteiger partial charge is 0.305 e. The monoisotopic (exact) mass is 622 g/mol. The van der Waals surface area contributed by atoms with Crippen LogP contribution in [0.2, 0.25) is 0 Å². The van der Waals surface area contributed by atoms with Gasteiger partial charge >= 0.3 is 5.97 Å². The number of carbonyl (C=O) groups is 1. The molecule has 0 N–H and O–H groups in total. The van der Waals surface area contributed by atoms with Gasteiger partial charge in [0.2, 0.25) is 0 Å². The highest BCUT2D eigenvalue weighted by Crippen LogP contribution is 2.10. The van der Waals surface area contributed by atoms with E-state index in [9.17, 15) is 4.79 Å². The maximum Gasteiger partial charge on any atom is 0.305 e. The Morgan fingerprint density at radius 3 is 1.14 bits per heavy atom. The Bertz CT molecular complexity index is 538. The van der Waals surface area contributed by atoms with Crippen molar-refractivity contribution in [3.05, 3.63) is 0 Å². The maximum atomic E-state index is 11.8. The van der Waals surface area contributed by atoms with Crippen LogP contribution in [-0.2, 0) is 47.4 Å². The summed E-state index contributed by atoms with van der Waals surface area (Å²) >= 11 is 0. The normalized spacial score (nSPS) is 12.2. The van der Waals surface area contributed by atoms with Gasteiger partial charge in [0.15, 0.2) is 0 Å². The minimum absolute atomic E-state index is 0.131. The molecular formula is C33H66O10. The van der Waals surface area contributed by atoms with Crippen LogP contribution in [0.25, 0.3) is 0 Å². The van der Waals surface area contributed by atoms with Gasteiger partial charge in [0.05, 0.1) is 99.1 Å². The lowest BCUT2D eigenvalue weighted by Crippen LogP contribution is -2.15. The second-order valence-corrected chi connectivity index (χ2v) is 10.7. The van der Waals surface area contributed by atoms with Crippen LogP contribution in [0, 0.1) is 5.92 Å². The van der Waals surface area contributed by atoms with Crippen LogP contribution >= 0.6 is 0 Å². The highest BCUT2D eigenvalue weighted by Gasteiger charge is 2.03. The van der Waals surface area contributed by atoms with Gasteiger partial charge in [-0.1, -0.05) is 78.6 Å². The molecule has 0 aliphatic carbocycles. The Morgan fingerprint density at radius 1 is 0.442 bits per heavy atom. The summed E-state index contributed by atoms with van der Waals surface area (Å²) in [5.41, 5.74) is 0. The van der Waals surface area contributed by atoms with Crippen molar-refractivity contribution < 1.29 is 47.4 Å². The zero-order chi connectivity index (χ0) is 31.3. The molecule has 258 valence electrons. The van der Waals surface area contributed by atoms with Gasteiger partial charge in [-0.3, -0.25) is 4.79 Å². The van der Waals surface area contributed by atoms with Crippen molar-refractivity contribution in [2.45, 2.75) is 91.4 Å². The first-order valence-corrected chi connectivity index (χ1v) is 17.0. The first-order chi connectivity index (χ1) is 21.2. The molecule has 1 atom stereocenters. The first-order valence-electron chi connectivity index (χ1n) is 17.0.